The molecule has 0 atom stereocenters. The molecule has 0 saturated heterocycles. The zero-order valence-corrected chi connectivity index (χ0v) is 14.2. The molecule has 0 radical (unpaired) electrons. The number of amides is 2. The predicted molar refractivity (Wildman–Crippen MR) is 96.9 cm³/mol. The Morgan fingerprint density at radius 2 is 1.92 bits per heavy atom. The standard InChI is InChI=1S/C20H22N2O3/c1-2-14-6-3-4-9-18(14)25-13-19(23)21-17-8-5-7-15(12-17)20(24)22-16-10-11-16/h3-9,12,16H,2,10-11,13H2,1H3,(H,21,23)(H,22,24). The van der Waals surface area contributed by atoms with E-state index in [9.17, 15) is 9.59 Å². The summed E-state index contributed by atoms with van der Waals surface area (Å²) in [6, 6.07) is 14.9. The van der Waals surface area contributed by atoms with Crippen LogP contribution in [-0.4, -0.2) is 24.5 Å². The molecule has 1 aliphatic carbocycles. The van der Waals surface area contributed by atoms with E-state index in [2.05, 4.69) is 10.6 Å². The van der Waals surface area contributed by atoms with Crippen LogP contribution in [0.5, 0.6) is 5.75 Å². The number of para-hydroxylation sites is 1. The smallest absolute Gasteiger partial charge is 0.262 e. The fourth-order valence-corrected chi connectivity index (χ4v) is 2.51. The van der Waals surface area contributed by atoms with Crippen LogP contribution in [0.2, 0.25) is 0 Å². The molecule has 2 amide bonds. The van der Waals surface area contributed by atoms with Gasteiger partial charge in [0, 0.05) is 17.3 Å². The Balaban J connectivity index is 1.56. The van der Waals surface area contributed by atoms with Gasteiger partial charge in [-0.1, -0.05) is 31.2 Å². The maximum absolute atomic E-state index is 12.1. The number of nitrogens with one attached hydrogen (secondary N) is 2. The van der Waals surface area contributed by atoms with Crippen molar-refractivity contribution in [3.63, 3.8) is 0 Å². The fraction of sp³-hybridized carbons (Fsp3) is 0.300. The number of hydrogen-bond donors (Lipinski definition) is 2. The molecule has 0 heterocycles. The van der Waals surface area contributed by atoms with E-state index >= 15 is 0 Å². The summed E-state index contributed by atoms with van der Waals surface area (Å²) < 4.78 is 5.61. The molecule has 2 aromatic rings. The minimum atomic E-state index is -0.259. The quantitative estimate of drug-likeness (QED) is 0.815. The number of carbonyl (C=O) groups excluding carboxylic acids is 2. The first-order valence-electron chi connectivity index (χ1n) is 8.57. The highest BCUT2D eigenvalue weighted by Crippen LogP contribution is 2.20. The van der Waals surface area contributed by atoms with Crippen molar-refractivity contribution in [1.82, 2.24) is 5.32 Å². The van der Waals surface area contributed by atoms with Crippen molar-refractivity contribution in [1.29, 1.82) is 0 Å². The first kappa shape index (κ1) is 17.0. The van der Waals surface area contributed by atoms with Crippen molar-refractivity contribution in [3.05, 3.63) is 59.7 Å². The average Bonchev–Trinajstić information content (AvgIpc) is 3.44. The van der Waals surface area contributed by atoms with E-state index in [1.807, 2.05) is 31.2 Å². The Labute approximate surface area is 147 Å². The summed E-state index contributed by atoms with van der Waals surface area (Å²) in [5.41, 5.74) is 2.19. The maximum atomic E-state index is 12.1. The van der Waals surface area contributed by atoms with Crippen LogP contribution >= 0.6 is 0 Å². The van der Waals surface area contributed by atoms with Gasteiger partial charge in [-0.3, -0.25) is 9.59 Å². The van der Waals surface area contributed by atoms with Gasteiger partial charge in [0.05, 0.1) is 0 Å². The number of benzene rings is 2. The van der Waals surface area contributed by atoms with Crippen molar-refractivity contribution in [3.8, 4) is 5.75 Å². The molecule has 5 heteroatoms. The molecular formula is C20H22N2O3. The Bertz CT molecular complexity index is 769. The normalized spacial score (nSPS) is 13.2. The largest absolute Gasteiger partial charge is 0.483 e. The molecule has 2 N–H and O–H groups in total. The highest BCUT2D eigenvalue weighted by molar-refractivity contribution is 5.97. The second-order valence-corrected chi connectivity index (χ2v) is 6.13. The van der Waals surface area contributed by atoms with Crippen molar-refractivity contribution in [2.45, 2.75) is 32.2 Å². The lowest BCUT2D eigenvalue weighted by molar-refractivity contribution is -0.118. The van der Waals surface area contributed by atoms with Crippen LogP contribution in [0.25, 0.3) is 0 Å². The molecule has 0 aliphatic heterocycles. The average molecular weight is 338 g/mol. The number of ether oxygens (including phenoxy) is 1. The summed E-state index contributed by atoms with van der Waals surface area (Å²) >= 11 is 0. The van der Waals surface area contributed by atoms with Crippen molar-refractivity contribution >= 4 is 17.5 Å². The second kappa shape index (κ2) is 7.83. The van der Waals surface area contributed by atoms with E-state index in [0.717, 1.165) is 30.6 Å². The van der Waals surface area contributed by atoms with Crippen LogP contribution in [0, 0.1) is 0 Å². The summed E-state index contributed by atoms with van der Waals surface area (Å²) in [6.45, 7) is 1.97. The van der Waals surface area contributed by atoms with E-state index in [1.54, 1.807) is 24.3 Å². The Morgan fingerprint density at radius 1 is 1.12 bits per heavy atom. The van der Waals surface area contributed by atoms with E-state index in [-0.39, 0.29) is 18.4 Å². The number of rotatable bonds is 7. The van der Waals surface area contributed by atoms with Gasteiger partial charge in [-0.05, 0) is 49.1 Å². The van der Waals surface area contributed by atoms with E-state index in [0.29, 0.717) is 17.3 Å². The number of hydrogen-bond acceptors (Lipinski definition) is 3. The Morgan fingerprint density at radius 3 is 2.68 bits per heavy atom. The first-order chi connectivity index (χ1) is 12.2. The van der Waals surface area contributed by atoms with Gasteiger partial charge >= 0.3 is 0 Å². The minimum Gasteiger partial charge on any atom is -0.483 e. The summed E-state index contributed by atoms with van der Waals surface area (Å²) in [5, 5.41) is 5.70. The number of carbonyl (C=O) groups is 2. The molecule has 0 unspecified atom stereocenters. The van der Waals surface area contributed by atoms with Crippen molar-refractivity contribution < 1.29 is 14.3 Å². The predicted octanol–water partition coefficient (Wildman–Crippen LogP) is 3.16. The minimum absolute atomic E-state index is 0.0739. The maximum Gasteiger partial charge on any atom is 0.262 e. The van der Waals surface area contributed by atoms with Gasteiger partial charge in [0.25, 0.3) is 11.8 Å². The van der Waals surface area contributed by atoms with Crippen LogP contribution < -0.4 is 15.4 Å². The van der Waals surface area contributed by atoms with E-state index in [1.165, 1.54) is 0 Å². The highest BCUT2D eigenvalue weighted by atomic mass is 16.5. The molecule has 130 valence electrons. The van der Waals surface area contributed by atoms with Crippen LogP contribution in [0.15, 0.2) is 48.5 Å². The van der Waals surface area contributed by atoms with Crippen LogP contribution in [0.1, 0.15) is 35.7 Å². The third-order valence-electron chi connectivity index (χ3n) is 4.03. The molecule has 3 rings (SSSR count). The number of aryl methyl sites for hydroxylation is 1. The van der Waals surface area contributed by atoms with Gasteiger partial charge in [-0.15, -0.1) is 0 Å². The van der Waals surface area contributed by atoms with Gasteiger partial charge in [0.2, 0.25) is 0 Å². The molecule has 0 aromatic heterocycles. The van der Waals surface area contributed by atoms with Crippen LogP contribution in [-0.2, 0) is 11.2 Å². The third-order valence-corrected chi connectivity index (χ3v) is 4.03. The topological polar surface area (TPSA) is 67.4 Å². The zero-order valence-electron chi connectivity index (χ0n) is 14.2. The molecule has 0 bridgehead atoms. The Kier molecular flexibility index (Phi) is 5.33. The molecule has 1 aliphatic rings. The van der Waals surface area contributed by atoms with Gasteiger partial charge in [-0.2, -0.15) is 0 Å². The van der Waals surface area contributed by atoms with Crippen LogP contribution in [0.3, 0.4) is 0 Å². The monoisotopic (exact) mass is 338 g/mol. The molecule has 1 fully saturated rings. The van der Waals surface area contributed by atoms with Gasteiger partial charge in [0.15, 0.2) is 6.61 Å². The summed E-state index contributed by atoms with van der Waals surface area (Å²) in [4.78, 5) is 24.2. The lowest BCUT2D eigenvalue weighted by atomic mass is 10.1. The first-order valence-corrected chi connectivity index (χ1v) is 8.57. The van der Waals surface area contributed by atoms with Gasteiger partial charge < -0.3 is 15.4 Å². The molecular weight excluding hydrogens is 316 g/mol. The second-order valence-electron chi connectivity index (χ2n) is 6.13. The van der Waals surface area contributed by atoms with Crippen molar-refractivity contribution in [2.24, 2.45) is 0 Å². The lowest BCUT2D eigenvalue weighted by Crippen LogP contribution is -2.25. The van der Waals surface area contributed by atoms with Crippen LogP contribution in [0.4, 0.5) is 5.69 Å². The van der Waals surface area contributed by atoms with E-state index < -0.39 is 0 Å². The fourth-order valence-electron chi connectivity index (χ4n) is 2.51. The third kappa shape index (κ3) is 4.83. The molecule has 1 saturated carbocycles. The summed E-state index contributed by atoms with van der Waals surface area (Å²) in [7, 11) is 0. The van der Waals surface area contributed by atoms with E-state index in [4.69, 9.17) is 4.74 Å². The molecule has 0 spiro atoms. The highest BCUT2D eigenvalue weighted by Gasteiger charge is 2.23. The summed E-state index contributed by atoms with van der Waals surface area (Å²) in [6.07, 6.45) is 2.92. The van der Waals surface area contributed by atoms with Gasteiger partial charge in [0.1, 0.15) is 5.75 Å². The van der Waals surface area contributed by atoms with Crippen molar-refractivity contribution in [2.75, 3.05) is 11.9 Å². The zero-order chi connectivity index (χ0) is 17.6. The Hall–Kier alpha value is -2.82. The molecule has 5 nitrogen and oxygen atoms in total. The summed E-state index contributed by atoms with van der Waals surface area (Å²) in [5.74, 6) is 0.357. The lowest BCUT2D eigenvalue weighted by Gasteiger charge is -2.11. The molecule has 25 heavy (non-hydrogen) atoms. The number of anilines is 1. The SMILES string of the molecule is CCc1ccccc1OCC(=O)Nc1cccc(C(=O)NC2CC2)c1. The molecule has 2 aromatic carbocycles. The van der Waals surface area contributed by atoms with Gasteiger partial charge in [-0.25, -0.2) is 0 Å².